The van der Waals surface area contributed by atoms with Crippen molar-refractivity contribution in [2.24, 2.45) is 0 Å². The Morgan fingerprint density at radius 1 is 1.55 bits per heavy atom. The van der Waals surface area contributed by atoms with Crippen LogP contribution in [0.3, 0.4) is 0 Å². The topological polar surface area (TPSA) is 35.5 Å². The number of methoxy groups -OCH3 is 1. The van der Waals surface area contributed by atoms with Gasteiger partial charge in [-0.25, -0.2) is 0 Å². The standard InChI is InChI=1S/C8H14O3/c1-3-4-8(5-6-9)11-7-10-2/h3,6,8H,1,4-5,7H2,2H3/t8-/m0/s1. The van der Waals surface area contributed by atoms with E-state index in [2.05, 4.69) is 6.58 Å². The number of hydrogen-bond acceptors (Lipinski definition) is 3. The van der Waals surface area contributed by atoms with Gasteiger partial charge in [-0.05, 0) is 6.42 Å². The van der Waals surface area contributed by atoms with Gasteiger partial charge in [0.1, 0.15) is 13.1 Å². The summed E-state index contributed by atoms with van der Waals surface area (Å²) >= 11 is 0. The van der Waals surface area contributed by atoms with E-state index in [1.165, 1.54) is 0 Å². The molecule has 0 aromatic carbocycles. The van der Waals surface area contributed by atoms with E-state index >= 15 is 0 Å². The summed E-state index contributed by atoms with van der Waals surface area (Å²) in [6, 6.07) is 0. The zero-order valence-corrected chi connectivity index (χ0v) is 6.79. The predicted octanol–water partition coefficient (Wildman–Crippen LogP) is 1.14. The van der Waals surface area contributed by atoms with Gasteiger partial charge in [-0.15, -0.1) is 6.58 Å². The van der Waals surface area contributed by atoms with Gasteiger partial charge in [-0.2, -0.15) is 0 Å². The third-order valence-electron chi connectivity index (χ3n) is 1.21. The lowest BCUT2D eigenvalue weighted by Gasteiger charge is -2.11. The molecule has 0 rings (SSSR count). The average molecular weight is 158 g/mol. The molecule has 0 heterocycles. The molecule has 3 nitrogen and oxygen atoms in total. The van der Waals surface area contributed by atoms with E-state index in [9.17, 15) is 4.79 Å². The molecule has 64 valence electrons. The van der Waals surface area contributed by atoms with Crippen molar-refractivity contribution in [3.63, 3.8) is 0 Å². The Kier molecular flexibility index (Phi) is 6.98. The first-order chi connectivity index (χ1) is 5.35. The zero-order valence-electron chi connectivity index (χ0n) is 6.79. The van der Waals surface area contributed by atoms with Crippen molar-refractivity contribution in [3.8, 4) is 0 Å². The molecule has 0 aromatic heterocycles. The van der Waals surface area contributed by atoms with Crippen LogP contribution in [0.1, 0.15) is 12.8 Å². The van der Waals surface area contributed by atoms with Crippen LogP contribution in [0, 0.1) is 0 Å². The zero-order chi connectivity index (χ0) is 8.53. The van der Waals surface area contributed by atoms with Gasteiger partial charge in [0.2, 0.25) is 0 Å². The summed E-state index contributed by atoms with van der Waals surface area (Å²) in [5, 5.41) is 0. The van der Waals surface area contributed by atoms with Crippen molar-refractivity contribution in [2.45, 2.75) is 18.9 Å². The maximum atomic E-state index is 10.1. The van der Waals surface area contributed by atoms with Crippen molar-refractivity contribution in [2.75, 3.05) is 13.9 Å². The summed E-state index contributed by atoms with van der Waals surface area (Å²) in [7, 11) is 1.55. The van der Waals surface area contributed by atoms with Gasteiger partial charge in [-0.3, -0.25) is 0 Å². The Morgan fingerprint density at radius 2 is 2.27 bits per heavy atom. The fourth-order valence-corrected chi connectivity index (χ4v) is 0.690. The average Bonchev–Trinajstić information content (AvgIpc) is 2.01. The monoisotopic (exact) mass is 158 g/mol. The van der Waals surface area contributed by atoms with Crippen molar-refractivity contribution < 1.29 is 14.3 Å². The third-order valence-corrected chi connectivity index (χ3v) is 1.21. The Morgan fingerprint density at radius 3 is 2.73 bits per heavy atom. The molecule has 0 aliphatic carbocycles. The molecule has 0 unspecified atom stereocenters. The number of rotatable bonds is 7. The van der Waals surface area contributed by atoms with Gasteiger partial charge in [0.15, 0.2) is 0 Å². The molecule has 3 heteroatoms. The highest BCUT2D eigenvalue weighted by atomic mass is 16.7. The quantitative estimate of drug-likeness (QED) is 0.316. The van der Waals surface area contributed by atoms with E-state index < -0.39 is 0 Å². The Balaban J connectivity index is 3.49. The number of carbonyl (C=O) groups is 1. The van der Waals surface area contributed by atoms with Crippen LogP contribution in [0.15, 0.2) is 12.7 Å². The minimum Gasteiger partial charge on any atom is -0.359 e. The molecule has 0 spiro atoms. The number of ether oxygens (including phenoxy) is 2. The molecule has 0 amide bonds. The highest BCUT2D eigenvalue weighted by Gasteiger charge is 2.04. The van der Waals surface area contributed by atoms with Crippen LogP contribution in [-0.2, 0) is 14.3 Å². The van der Waals surface area contributed by atoms with Gasteiger partial charge in [0.05, 0.1) is 6.10 Å². The number of carbonyl (C=O) groups excluding carboxylic acids is 1. The molecule has 0 radical (unpaired) electrons. The summed E-state index contributed by atoms with van der Waals surface area (Å²) in [6.45, 7) is 3.78. The van der Waals surface area contributed by atoms with Crippen molar-refractivity contribution in [1.29, 1.82) is 0 Å². The number of hydrogen-bond donors (Lipinski definition) is 0. The molecule has 0 bridgehead atoms. The Hall–Kier alpha value is -0.670. The molecule has 1 atom stereocenters. The van der Waals surface area contributed by atoms with Crippen LogP contribution in [-0.4, -0.2) is 26.3 Å². The highest BCUT2D eigenvalue weighted by molar-refractivity contribution is 5.50. The summed E-state index contributed by atoms with van der Waals surface area (Å²) < 4.78 is 9.84. The Bertz CT molecular complexity index is 102. The Labute approximate surface area is 67.0 Å². The molecule has 0 fully saturated rings. The fraction of sp³-hybridized carbons (Fsp3) is 0.625. The highest BCUT2D eigenvalue weighted by Crippen LogP contribution is 2.02. The van der Waals surface area contributed by atoms with Crippen LogP contribution in [0.25, 0.3) is 0 Å². The smallest absolute Gasteiger partial charge is 0.146 e. The maximum absolute atomic E-state index is 10.1. The molecule has 0 aliphatic rings. The maximum Gasteiger partial charge on any atom is 0.146 e. The van der Waals surface area contributed by atoms with Gasteiger partial charge >= 0.3 is 0 Å². The van der Waals surface area contributed by atoms with Crippen LogP contribution >= 0.6 is 0 Å². The molecular weight excluding hydrogens is 144 g/mol. The van der Waals surface area contributed by atoms with Crippen LogP contribution in [0.5, 0.6) is 0 Å². The number of aldehydes is 1. The van der Waals surface area contributed by atoms with Gasteiger partial charge in [-0.1, -0.05) is 6.08 Å². The minimum absolute atomic E-state index is 0.0788. The summed E-state index contributed by atoms with van der Waals surface area (Å²) in [4.78, 5) is 10.1. The van der Waals surface area contributed by atoms with Gasteiger partial charge in [0.25, 0.3) is 0 Å². The van der Waals surface area contributed by atoms with Crippen LogP contribution in [0.2, 0.25) is 0 Å². The van der Waals surface area contributed by atoms with E-state index in [4.69, 9.17) is 9.47 Å². The second kappa shape index (κ2) is 7.44. The van der Waals surface area contributed by atoms with E-state index in [1.807, 2.05) is 0 Å². The fourth-order valence-electron chi connectivity index (χ4n) is 0.690. The molecule has 0 aromatic rings. The summed E-state index contributed by atoms with van der Waals surface area (Å²) in [6.07, 6.45) is 3.57. The molecule has 11 heavy (non-hydrogen) atoms. The van der Waals surface area contributed by atoms with Crippen molar-refractivity contribution >= 4 is 6.29 Å². The van der Waals surface area contributed by atoms with Crippen LogP contribution < -0.4 is 0 Å². The third kappa shape index (κ3) is 5.76. The molecule has 0 saturated carbocycles. The second-order valence-corrected chi connectivity index (χ2v) is 2.12. The molecule has 0 aliphatic heterocycles. The molecule has 0 saturated heterocycles. The lowest BCUT2D eigenvalue weighted by Crippen LogP contribution is -2.14. The van der Waals surface area contributed by atoms with Crippen LogP contribution in [0.4, 0.5) is 0 Å². The SMILES string of the molecule is C=CC[C@@H](CC=O)OCOC. The van der Waals surface area contributed by atoms with E-state index in [0.717, 1.165) is 6.29 Å². The first kappa shape index (κ1) is 10.3. The minimum atomic E-state index is -0.0788. The van der Waals surface area contributed by atoms with E-state index in [1.54, 1.807) is 13.2 Å². The van der Waals surface area contributed by atoms with Gasteiger partial charge < -0.3 is 14.3 Å². The second-order valence-electron chi connectivity index (χ2n) is 2.12. The largest absolute Gasteiger partial charge is 0.359 e. The first-order valence-electron chi connectivity index (χ1n) is 3.50. The van der Waals surface area contributed by atoms with E-state index in [0.29, 0.717) is 12.8 Å². The van der Waals surface area contributed by atoms with Crippen molar-refractivity contribution in [3.05, 3.63) is 12.7 Å². The molecular formula is C8H14O3. The lowest BCUT2D eigenvalue weighted by atomic mass is 10.2. The summed E-state index contributed by atoms with van der Waals surface area (Å²) in [5.74, 6) is 0. The van der Waals surface area contributed by atoms with Gasteiger partial charge in [0, 0.05) is 13.5 Å². The summed E-state index contributed by atoms with van der Waals surface area (Å²) in [5.41, 5.74) is 0. The van der Waals surface area contributed by atoms with E-state index in [-0.39, 0.29) is 12.9 Å². The first-order valence-corrected chi connectivity index (χ1v) is 3.50. The van der Waals surface area contributed by atoms with Crippen molar-refractivity contribution in [1.82, 2.24) is 0 Å². The molecule has 0 N–H and O–H groups in total. The predicted molar refractivity (Wildman–Crippen MR) is 42.2 cm³/mol. The lowest BCUT2D eigenvalue weighted by molar-refractivity contribution is -0.114. The normalized spacial score (nSPS) is 12.5.